The number of aromatic hydroxyl groups is 1. The van der Waals surface area contributed by atoms with Gasteiger partial charge in [0.2, 0.25) is 0 Å². The quantitative estimate of drug-likeness (QED) is 0.506. The normalized spacial score (nSPS) is 12.8. The molecule has 0 heterocycles. The molecule has 0 saturated carbocycles. The first kappa shape index (κ1) is 19.5. The fourth-order valence-electron chi connectivity index (χ4n) is 2.42. The van der Waals surface area contributed by atoms with E-state index in [1.807, 2.05) is 0 Å². The lowest BCUT2D eigenvalue weighted by molar-refractivity contribution is -1.03. The zero-order valence-electron chi connectivity index (χ0n) is 15.1. The van der Waals surface area contributed by atoms with Crippen molar-refractivity contribution in [1.29, 1.82) is 0 Å². The van der Waals surface area contributed by atoms with Crippen molar-refractivity contribution in [3.05, 3.63) is 88.8 Å². The van der Waals surface area contributed by atoms with Crippen molar-refractivity contribution in [2.45, 2.75) is 6.54 Å². The van der Waals surface area contributed by atoms with Gasteiger partial charge in [-0.2, -0.15) is 5.23 Å². The Bertz CT molecular complexity index is 869. The van der Waals surface area contributed by atoms with Crippen LogP contribution in [-0.2, 0) is 6.54 Å². The van der Waals surface area contributed by atoms with Crippen molar-refractivity contribution in [1.82, 2.24) is 0 Å². The van der Waals surface area contributed by atoms with Crippen molar-refractivity contribution < 1.29 is 30.0 Å². The Kier molecular flexibility index (Phi) is 6.30. The summed E-state index contributed by atoms with van der Waals surface area (Å²) in [6.07, 6.45) is 0. The van der Waals surface area contributed by atoms with Crippen molar-refractivity contribution in [3.8, 4) is 23.0 Å². The predicted octanol–water partition coefficient (Wildman–Crippen LogP) is 1.29. The first-order valence-corrected chi connectivity index (χ1v) is 8.48. The van der Waals surface area contributed by atoms with Gasteiger partial charge in [0.25, 0.3) is 0 Å². The molecular weight excluding hydrogens is 364 g/mol. The molecule has 3 N–H and O–H groups in total. The second-order valence-electron chi connectivity index (χ2n) is 5.91. The highest BCUT2D eigenvalue weighted by Crippen LogP contribution is 2.16. The number of hydrogen-bond donors (Lipinski definition) is 3. The van der Waals surface area contributed by atoms with E-state index in [1.54, 1.807) is 55.6 Å². The Labute approximate surface area is 161 Å². The first-order chi connectivity index (χ1) is 13.5. The van der Waals surface area contributed by atoms with Gasteiger partial charge in [-0.25, -0.2) is 0 Å². The van der Waals surface area contributed by atoms with Crippen LogP contribution in [0.5, 0.6) is 23.0 Å². The summed E-state index contributed by atoms with van der Waals surface area (Å²) in [5.74, 6) is 1.52. The van der Waals surface area contributed by atoms with Crippen molar-refractivity contribution >= 4 is 5.69 Å². The van der Waals surface area contributed by atoms with E-state index in [0.717, 1.165) is 0 Å². The molecule has 0 saturated heterocycles. The topological polar surface area (TPSA) is 103 Å². The van der Waals surface area contributed by atoms with Gasteiger partial charge in [0.15, 0.2) is 17.2 Å². The van der Waals surface area contributed by atoms with Gasteiger partial charge < -0.3 is 29.9 Å². The van der Waals surface area contributed by atoms with Crippen LogP contribution in [0, 0.1) is 10.4 Å². The van der Waals surface area contributed by atoms with Crippen LogP contribution in [0.4, 0.5) is 5.69 Å². The molecule has 3 rings (SSSR count). The first-order valence-electron chi connectivity index (χ1n) is 8.48. The van der Waals surface area contributed by atoms with E-state index in [-0.39, 0.29) is 12.3 Å². The summed E-state index contributed by atoms with van der Waals surface area (Å²) >= 11 is 0. The maximum atomic E-state index is 12.1. The second kappa shape index (κ2) is 9.07. The maximum Gasteiger partial charge on any atom is 0.191 e. The summed E-state index contributed by atoms with van der Waals surface area (Å²) in [4.78, 5) is 10.5. The van der Waals surface area contributed by atoms with Gasteiger partial charge in [0, 0.05) is 17.7 Å². The molecule has 0 bridgehead atoms. The number of benzene rings is 3. The largest absolute Gasteiger partial charge is 0.590 e. The molecule has 0 aliphatic heterocycles. The molecule has 146 valence electrons. The van der Waals surface area contributed by atoms with Gasteiger partial charge >= 0.3 is 0 Å². The number of methoxy groups -OCH3 is 1. The number of quaternary nitrogens is 2. The second-order valence-corrected chi connectivity index (χ2v) is 5.91. The Morgan fingerprint density at radius 1 is 0.750 bits per heavy atom. The zero-order valence-corrected chi connectivity index (χ0v) is 15.1. The molecule has 0 spiro atoms. The average Bonchev–Trinajstić information content (AvgIpc) is 2.71. The van der Waals surface area contributed by atoms with E-state index in [2.05, 4.69) is 0 Å². The number of hydrogen-bond acceptors (Lipinski definition) is 6. The third kappa shape index (κ3) is 5.35. The number of phenols is 1. The number of rotatable bonds is 8. The SMILES string of the molecule is COc1ccc(O[NH+]([O-])Cc2ccc([NH+]([O-])Oc3ccc(O)cc3)cc2)cc1. The minimum atomic E-state index is -0.530. The number of nitrogens with one attached hydrogen (secondary N) is 2. The molecule has 8 heteroatoms. The van der Waals surface area contributed by atoms with Crippen LogP contribution in [0.25, 0.3) is 0 Å². The molecule has 28 heavy (non-hydrogen) atoms. The summed E-state index contributed by atoms with van der Waals surface area (Å²) in [6, 6.07) is 19.1. The monoisotopic (exact) mass is 384 g/mol. The summed E-state index contributed by atoms with van der Waals surface area (Å²) in [5.41, 5.74) is 1.06. The van der Waals surface area contributed by atoms with Gasteiger partial charge in [-0.1, -0.05) is 0 Å². The highest BCUT2D eigenvalue weighted by atomic mass is 16.9. The highest BCUT2D eigenvalue weighted by Gasteiger charge is 2.09. The van der Waals surface area contributed by atoms with Crippen LogP contribution < -0.4 is 24.9 Å². The fourth-order valence-corrected chi connectivity index (χ4v) is 2.42. The van der Waals surface area contributed by atoms with Gasteiger partial charge in [0.1, 0.15) is 18.0 Å². The van der Waals surface area contributed by atoms with Crippen LogP contribution in [0.15, 0.2) is 72.8 Å². The summed E-state index contributed by atoms with van der Waals surface area (Å²) < 4.78 is 5.05. The number of ether oxygens (including phenoxy) is 1. The molecule has 0 radical (unpaired) electrons. The molecule has 0 amide bonds. The molecule has 3 aromatic carbocycles. The molecule has 3 aromatic rings. The fraction of sp³-hybridized carbons (Fsp3) is 0.100. The number of phenolic OH excluding ortho intramolecular Hbond substituents is 1. The van der Waals surface area contributed by atoms with Crippen molar-refractivity contribution in [3.63, 3.8) is 0 Å². The maximum absolute atomic E-state index is 12.1. The molecule has 2 atom stereocenters. The lowest BCUT2D eigenvalue weighted by Crippen LogP contribution is -3.07. The standard InChI is InChI=1S/C20H20N2O6/c1-26-18-10-12-19(13-11-18)27-21(24)14-15-2-4-16(5-3-15)22(25)28-20-8-6-17(23)7-9-20/h2-13,21-23H,14H2,1H3. The van der Waals surface area contributed by atoms with Gasteiger partial charge in [-0.05, 0) is 60.7 Å². The minimum Gasteiger partial charge on any atom is -0.590 e. The van der Waals surface area contributed by atoms with E-state index in [1.165, 1.54) is 24.3 Å². The molecule has 0 fully saturated rings. The molecule has 2 unspecified atom stereocenters. The summed E-state index contributed by atoms with van der Waals surface area (Å²) in [7, 11) is 1.56. The molecule has 0 aromatic heterocycles. The van der Waals surface area contributed by atoms with E-state index in [4.69, 9.17) is 14.4 Å². The van der Waals surface area contributed by atoms with Gasteiger partial charge in [-0.15, -0.1) is 5.23 Å². The Balaban J connectivity index is 1.54. The Hall–Kier alpha value is -3.30. The van der Waals surface area contributed by atoms with Gasteiger partial charge in [0.05, 0.1) is 7.11 Å². The molecular formula is C20H20N2O6. The smallest absolute Gasteiger partial charge is 0.191 e. The van der Waals surface area contributed by atoms with E-state index >= 15 is 0 Å². The number of hydroxylamine groups is 2. The van der Waals surface area contributed by atoms with Crippen molar-refractivity contribution in [2.75, 3.05) is 7.11 Å². The molecule has 0 aliphatic carbocycles. The zero-order chi connectivity index (χ0) is 19.9. The Morgan fingerprint density at radius 2 is 1.29 bits per heavy atom. The van der Waals surface area contributed by atoms with Crippen LogP contribution in [0.1, 0.15) is 5.56 Å². The highest BCUT2D eigenvalue weighted by molar-refractivity contribution is 5.33. The van der Waals surface area contributed by atoms with E-state index in [9.17, 15) is 15.5 Å². The summed E-state index contributed by atoms with van der Waals surface area (Å²) in [6.45, 7) is 0.0688. The van der Waals surface area contributed by atoms with E-state index in [0.29, 0.717) is 28.5 Å². The summed E-state index contributed by atoms with van der Waals surface area (Å²) in [5, 5.41) is 32.5. The van der Waals surface area contributed by atoms with Crippen molar-refractivity contribution in [2.24, 2.45) is 0 Å². The third-order valence-electron chi connectivity index (χ3n) is 3.88. The average molecular weight is 384 g/mol. The van der Waals surface area contributed by atoms with Crippen LogP contribution >= 0.6 is 0 Å². The lowest BCUT2D eigenvalue weighted by atomic mass is 10.2. The molecule has 8 nitrogen and oxygen atoms in total. The van der Waals surface area contributed by atoms with Gasteiger partial charge in [-0.3, -0.25) is 0 Å². The van der Waals surface area contributed by atoms with Crippen LogP contribution in [0.2, 0.25) is 0 Å². The third-order valence-corrected chi connectivity index (χ3v) is 3.88. The van der Waals surface area contributed by atoms with Crippen LogP contribution in [-0.4, -0.2) is 12.2 Å². The predicted molar refractivity (Wildman–Crippen MR) is 101 cm³/mol. The lowest BCUT2D eigenvalue weighted by Gasteiger charge is -2.22. The minimum absolute atomic E-state index is 0.0688. The Morgan fingerprint density at radius 3 is 1.89 bits per heavy atom. The molecule has 0 aliphatic rings. The van der Waals surface area contributed by atoms with E-state index < -0.39 is 10.5 Å². The van der Waals surface area contributed by atoms with Crippen LogP contribution in [0.3, 0.4) is 0 Å².